The van der Waals surface area contributed by atoms with Crippen LogP contribution in [-0.2, 0) is 0 Å². The van der Waals surface area contributed by atoms with Gasteiger partial charge in [-0.05, 0) is 75.5 Å². The normalized spacial score (nSPS) is 11.7. The number of fused-ring (bicyclic) bond motifs is 5. The van der Waals surface area contributed by atoms with Crippen LogP contribution < -0.4 is 0 Å². The summed E-state index contributed by atoms with van der Waals surface area (Å²) in [4.78, 5) is 0. The van der Waals surface area contributed by atoms with Crippen molar-refractivity contribution in [2.45, 2.75) is 6.92 Å². The van der Waals surface area contributed by atoms with Crippen LogP contribution in [0.1, 0.15) is 5.56 Å². The first-order chi connectivity index (χ1) is 16.8. The number of para-hydroxylation sites is 1. The maximum Gasteiger partial charge on any atom is 0.0541 e. The summed E-state index contributed by atoms with van der Waals surface area (Å²) in [6.45, 7) is 2.20. The van der Waals surface area contributed by atoms with Crippen LogP contribution in [-0.4, -0.2) is 4.57 Å². The second kappa shape index (κ2) is 7.33. The minimum Gasteiger partial charge on any atom is -0.309 e. The van der Waals surface area contributed by atoms with Gasteiger partial charge in [-0.2, -0.15) is 0 Å². The number of hydrogen-bond acceptors (Lipinski definition) is 0. The van der Waals surface area contributed by atoms with E-state index in [2.05, 4.69) is 133 Å². The molecule has 0 N–H and O–H groups in total. The maximum absolute atomic E-state index is 2.40. The van der Waals surface area contributed by atoms with Gasteiger partial charge in [0.25, 0.3) is 0 Å². The number of hydrogen-bond donors (Lipinski definition) is 0. The molecule has 0 amide bonds. The fourth-order valence-electron chi connectivity index (χ4n) is 5.50. The fourth-order valence-corrected chi connectivity index (χ4v) is 5.50. The summed E-state index contributed by atoms with van der Waals surface area (Å²) >= 11 is 0. The molecule has 1 heterocycles. The largest absolute Gasteiger partial charge is 0.309 e. The third-order valence-corrected chi connectivity index (χ3v) is 7.09. The lowest BCUT2D eigenvalue weighted by molar-refractivity contribution is 1.19. The van der Waals surface area contributed by atoms with Crippen LogP contribution in [0.25, 0.3) is 60.2 Å². The first-order valence-electron chi connectivity index (χ1n) is 11.8. The quantitative estimate of drug-likeness (QED) is 0.256. The summed E-state index contributed by atoms with van der Waals surface area (Å²) in [6, 6.07) is 44.2. The van der Waals surface area contributed by atoms with Crippen LogP contribution in [0, 0.1) is 6.92 Å². The van der Waals surface area contributed by atoms with Crippen LogP contribution in [0.15, 0.2) is 121 Å². The van der Waals surface area contributed by atoms with E-state index in [0.29, 0.717) is 0 Å². The molecule has 0 aliphatic heterocycles. The van der Waals surface area contributed by atoms with Crippen LogP contribution in [0.4, 0.5) is 0 Å². The summed E-state index contributed by atoms with van der Waals surface area (Å²) in [7, 11) is 0. The highest BCUT2D eigenvalue weighted by atomic mass is 15.0. The lowest BCUT2D eigenvalue weighted by Gasteiger charge is -2.11. The molecule has 0 spiro atoms. The second-order valence-corrected chi connectivity index (χ2v) is 9.09. The molecular formula is C33H23N. The molecule has 0 fully saturated rings. The van der Waals surface area contributed by atoms with Gasteiger partial charge in [-0.1, -0.05) is 91.0 Å². The molecule has 7 rings (SSSR count). The Balaban J connectivity index is 1.52. The van der Waals surface area contributed by atoms with Gasteiger partial charge < -0.3 is 4.57 Å². The van der Waals surface area contributed by atoms with Crippen molar-refractivity contribution in [3.63, 3.8) is 0 Å². The van der Waals surface area contributed by atoms with E-state index in [0.717, 1.165) is 0 Å². The maximum atomic E-state index is 2.40. The number of nitrogens with zero attached hydrogens (tertiary/aromatic N) is 1. The Kier molecular flexibility index (Phi) is 4.13. The highest BCUT2D eigenvalue weighted by Crippen LogP contribution is 2.37. The average molecular weight is 434 g/mol. The van der Waals surface area contributed by atoms with Gasteiger partial charge >= 0.3 is 0 Å². The first-order valence-corrected chi connectivity index (χ1v) is 11.8. The van der Waals surface area contributed by atoms with Gasteiger partial charge in [0.1, 0.15) is 0 Å². The van der Waals surface area contributed by atoms with Crippen molar-refractivity contribution in [1.29, 1.82) is 0 Å². The highest BCUT2D eigenvalue weighted by molar-refractivity contribution is 6.11. The molecule has 0 saturated heterocycles. The molecule has 1 nitrogen and oxygen atoms in total. The molecule has 0 bridgehead atoms. The summed E-state index contributed by atoms with van der Waals surface area (Å²) in [5.41, 5.74) is 7.52. The Morgan fingerprint density at radius 3 is 2.15 bits per heavy atom. The molecule has 7 aromatic rings. The van der Waals surface area contributed by atoms with Crippen LogP contribution >= 0.6 is 0 Å². The zero-order chi connectivity index (χ0) is 22.6. The predicted octanol–water partition coefficient (Wildman–Crippen LogP) is 9.07. The van der Waals surface area contributed by atoms with E-state index in [1.165, 1.54) is 65.7 Å². The summed E-state index contributed by atoms with van der Waals surface area (Å²) in [6.07, 6.45) is 0. The van der Waals surface area contributed by atoms with Crippen molar-refractivity contribution in [3.8, 4) is 16.8 Å². The van der Waals surface area contributed by atoms with Crippen molar-refractivity contribution < 1.29 is 0 Å². The van der Waals surface area contributed by atoms with E-state index >= 15 is 0 Å². The predicted molar refractivity (Wildman–Crippen MR) is 146 cm³/mol. The average Bonchev–Trinajstić information content (AvgIpc) is 3.22. The van der Waals surface area contributed by atoms with Crippen LogP contribution in [0.3, 0.4) is 0 Å². The zero-order valence-corrected chi connectivity index (χ0v) is 19.0. The van der Waals surface area contributed by atoms with E-state index in [1.807, 2.05) is 0 Å². The van der Waals surface area contributed by atoms with Gasteiger partial charge in [-0.15, -0.1) is 0 Å². The van der Waals surface area contributed by atoms with Crippen molar-refractivity contribution >= 4 is 43.4 Å². The summed E-state index contributed by atoms with van der Waals surface area (Å²) in [5.74, 6) is 0. The molecule has 0 aliphatic carbocycles. The fraction of sp³-hybridized carbons (Fsp3) is 0.0303. The number of aromatic nitrogens is 1. The molecule has 34 heavy (non-hydrogen) atoms. The SMILES string of the molecule is Cc1cccc2cccc(-c3ccc4c(c3)c3ccccc3n4-c3ccc4ccccc4c3)c12. The third-order valence-electron chi connectivity index (χ3n) is 7.09. The number of aryl methyl sites for hydroxylation is 1. The molecule has 6 aromatic carbocycles. The van der Waals surface area contributed by atoms with Gasteiger partial charge in [-0.25, -0.2) is 0 Å². The van der Waals surface area contributed by atoms with Crippen molar-refractivity contribution in [1.82, 2.24) is 4.57 Å². The molecule has 0 radical (unpaired) electrons. The van der Waals surface area contributed by atoms with Gasteiger partial charge in [-0.3, -0.25) is 0 Å². The minimum atomic E-state index is 1.19. The van der Waals surface area contributed by atoms with E-state index in [-0.39, 0.29) is 0 Å². The van der Waals surface area contributed by atoms with Gasteiger partial charge in [0, 0.05) is 16.5 Å². The molecular weight excluding hydrogens is 410 g/mol. The summed E-state index contributed by atoms with van der Waals surface area (Å²) in [5, 5.41) is 7.71. The minimum absolute atomic E-state index is 1.19. The Hall–Kier alpha value is -4.36. The molecule has 0 atom stereocenters. The van der Waals surface area contributed by atoms with E-state index < -0.39 is 0 Å². The molecule has 0 aliphatic rings. The Morgan fingerprint density at radius 1 is 0.500 bits per heavy atom. The Bertz CT molecular complexity index is 1860. The Morgan fingerprint density at radius 2 is 1.24 bits per heavy atom. The van der Waals surface area contributed by atoms with Crippen molar-refractivity contribution in [3.05, 3.63) is 127 Å². The third kappa shape index (κ3) is 2.80. The first kappa shape index (κ1) is 19.1. The molecule has 1 aromatic heterocycles. The lowest BCUT2D eigenvalue weighted by atomic mass is 9.94. The van der Waals surface area contributed by atoms with Gasteiger partial charge in [0.2, 0.25) is 0 Å². The topological polar surface area (TPSA) is 4.93 Å². The van der Waals surface area contributed by atoms with Crippen LogP contribution in [0.2, 0.25) is 0 Å². The molecule has 160 valence electrons. The molecule has 0 unspecified atom stereocenters. The van der Waals surface area contributed by atoms with Crippen LogP contribution in [0.5, 0.6) is 0 Å². The van der Waals surface area contributed by atoms with E-state index in [9.17, 15) is 0 Å². The number of rotatable bonds is 2. The smallest absolute Gasteiger partial charge is 0.0541 e. The van der Waals surface area contributed by atoms with Gasteiger partial charge in [0.15, 0.2) is 0 Å². The second-order valence-electron chi connectivity index (χ2n) is 9.09. The van der Waals surface area contributed by atoms with Crippen molar-refractivity contribution in [2.24, 2.45) is 0 Å². The standard InChI is InChI=1S/C33H23N/c1-22-8-6-11-24-12-7-14-28(33(22)24)26-17-19-32-30(21-26)29-13-4-5-15-31(29)34(32)27-18-16-23-9-2-3-10-25(23)20-27/h2-21H,1H3. The zero-order valence-electron chi connectivity index (χ0n) is 19.0. The van der Waals surface area contributed by atoms with Gasteiger partial charge in [0.05, 0.1) is 11.0 Å². The van der Waals surface area contributed by atoms with E-state index in [4.69, 9.17) is 0 Å². The van der Waals surface area contributed by atoms with Crippen molar-refractivity contribution in [2.75, 3.05) is 0 Å². The monoisotopic (exact) mass is 433 g/mol. The summed E-state index contributed by atoms with van der Waals surface area (Å²) < 4.78 is 2.40. The van der Waals surface area contributed by atoms with E-state index in [1.54, 1.807) is 0 Å². The molecule has 1 heteroatoms. The lowest BCUT2D eigenvalue weighted by Crippen LogP contribution is -1.93. The highest BCUT2D eigenvalue weighted by Gasteiger charge is 2.14. The molecule has 0 saturated carbocycles. The Labute approximate surface area is 198 Å². The number of benzene rings is 6.